The van der Waals surface area contributed by atoms with Crippen LogP contribution in [0.2, 0.25) is 0 Å². The summed E-state index contributed by atoms with van der Waals surface area (Å²) in [6, 6.07) is 0. The lowest BCUT2D eigenvalue weighted by Gasteiger charge is -2.16. The Hall–Kier alpha value is -0.180. The molecule has 5 nitrogen and oxygen atoms in total. The van der Waals surface area contributed by atoms with E-state index in [1.807, 2.05) is 6.92 Å². The molecule has 3 N–H and O–H groups in total. The van der Waals surface area contributed by atoms with Gasteiger partial charge < -0.3 is 19.5 Å². The number of aliphatic hydroxyl groups is 1. The number of hydrogen-bond donors (Lipinski definition) is 3. The van der Waals surface area contributed by atoms with Gasteiger partial charge >= 0.3 is 7.60 Å². The van der Waals surface area contributed by atoms with E-state index in [4.69, 9.17) is 14.9 Å². The van der Waals surface area contributed by atoms with Gasteiger partial charge in [-0.15, -0.1) is 0 Å². The summed E-state index contributed by atoms with van der Waals surface area (Å²) >= 11 is 0. The Balaban J connectivity index is 4.24. The molecule has 21 heavy (non-hydrogen) atoms. The van der Waals surface area contributed by atoms with Crippen LogP contribution in [0.4, 0.5) is 0 Å². The fourth-order valence-corrected chi connectivity index (χ4v) is 4.97. The van der Waals surface area contributed by atoms with Gasteiger partial charge in [0.25, 0.3) is 0 Å². The molecule has 0 spiro atoms. The van der Waals surface area contributed by atoms with E-state index < -0.39 is 27.1 Å². The summed E-state index contributed by atoms with van der Waals surface area (Å²) in [5.41, 5.74) is 2.54. The second kappa shape index (κ2) is 10.5. The molecule has 0 aromatic heterocycles. The Morgan fingerprint density at radius 1 is 1.19 bits per heavy atom. The first-order valence-electron chi connectivity index (χ1n) is 7.16. The summed E-state index contributed by atoms with van der Waals surface area (Å²) in [6.07, 6.45) is 7.01. The zero-order valence-electron chi connectivity index (χ0n) is 13.1. The van der Waals surface area contributed by atoms with Crippen molar-refractivity contribution in [3.05, 3.63) is 23.3 Å². The maximum atomic E-state index is 11.5. The highest BCUT2D eigenvalue weighted by atomic mass is 31.2. The molecule has 0 aromatic carbocycles. The molecule has 0 rings (SSSR count). The van der Waals surface area contributed by atoms with Crippen LogP contribution in [0.15, 0.2) is 23.3 Å². The average Bonchev–Trinajstić information content (AvgIpc) is 2.35. The van der Waals surface area contributed by atoms with Gasteiger partial charge in [-0.05, 0) is 52.9 Å². The minimum atomic E-state index is -4.40. The van der Waals surface area contributed by atoms with Crippen LogP contribution >= 0.6 is 15.4 Å². The van der Waals surface area contributed by atoms with Gasteiger partial charge in [0.05, 0.1) is 6.35 Å². The molecule has 7 heteroatoms. The van der Waals surface area contributed by atoms with Crippen molar-refractivity contribution in [2.75, 3.05) is 6.35 Å². The van der Waals surface area contributed by atoms with Crippen LogP contribution < -0.4 is 0 Å². The lowest BCUT2D eigenvalue weighted by molar-refractivity contribution is 0.350. The molecule has 2 unspecified atom stereocenters. The molecule has 0 aliphatic carbocycles. The second-order valence-corrected chi connectivity index (χ2v) is 9.76. The largest absolute Gasteiger partial charge is 0.389 e. The van der Waals surface area contributed by atoms with Crippen molar-refractivity contribution in [1.29, 1.82) is 0 Å². The summed E-state index contributed by atoms with van der Waals surface area (Å²) in [7, 11) is -7.03. The van der Waals surface area contributed by atoms with E-state index >= 15 is 0 Å². The molecule has 0 aliphatic heterocycles. The van der Waals surface area contributed by atoms with Crippen molar-refractivity contribution >= 4 is 15.4 Å². The standard InChI is InChI=1S/C14H28O5P2/c1-12(2)7-6-9-13(3)8-4-5-10-14(20(16)11-15)21(17,18)19/h7-8,14-15,20H,4-6,9-11H2,1-3H3,(H2,17,18,19)/b13-8-. The molecule has 0 heterocycles. The number of allylic oxidation sites excluding steroid dienone is 4. The SMILES string of the molecule is CC(C)=CCC/C(C)=C\CCCC([PH](=O)CO)P(=O)(O)O. The van der Waals surface area contributed by atoms with Gasteiger partial charge in [-0.3, -0.25) is 4.57 Å². The lowest BCUT2D eigenvalue weighted by Crippen LogP contribution is -2.05. The van der Waals surface area contributed by atoms with Gasteiger partial charge in [-0.25, -0.2) is 0 Å². The van der Waals surface area contributed by atoms with E-state index in [2.05, 4.69) is 26.0 Å². The Labute approximate surface area is 128 Å². The summed E-state index contributed by atoms with van der Waals surface area (Å²) in [4.78, 5) is 18.3. The molecule has 0 bridgehead atoms. The maximum Gasteiger partial charge on any atom is 0.335 e. The number of unbranched alkanes of at least 4 members (excludes halogenated alkanes) is 1. The van der Waals surface area contributed by atoms with Gasteiger partial charge in [0.15, 0.2) is 0 Å². The molecule has 0 fully saturated rings. The fourth-order valence-electron chi connectivity index (χ4n) is 1.97. The zero-order chi connectivity index (χ0) is 16.5. The lowest BCUT2D eigenvalue weighted by atomic mass is 10.1. The van der Waals surface area contributed by atoms with Gasteiger partial charge in [0.1, 0.15) is 13.2 Å². The smallest absolute Gasteiger partial charge is 0.335 e. The predicted octanol–water partition coefficient (Wildman–Crippen LogP) is 3.86. The molecule has 0 saturated carbocycles. The number of rotatable bonds is 10. The van der Waals surface area contributed by atoms with Crippen molar-refractivity contribution in [3.8, 4) is 0 Å². The maximum absolute atomic E-state index is 11.5. The first kappa shape index (κ1) is 20.8. The van der Waals surface area contributed by atoms with Crippen LogP contribution in [-0.2, 0) is 9.13 Å². The molecule has 0 aliphatic rings. The van der Waals surface area contributed by atoms with E-state index in [1.165, 1.54) is 11.1 Å². The number of aliphatic hydroxyl groups excluding tert-OH is 1. The van der Waals surface area contributed by atoms with Gasteiger partial charge in [-0.1, -0.05) is 23.3 Å². The van der Waals surface area contributed by atoms with Crippen LogP contribution in [0, 0.1) is 0 Å². The summed E-state index contributed by atoms with van der Waals surface area (Å²) < 4.78 is 22.8. The quantitative estimate of drug-likeness (QED) is 0.319. The van der Waals surface area contributed by atoms with E-state index in [0.29, 0.717) is 12.8 Å². The Kier molecular flexibility index (Phi) is 10.4. The monoisotopic (exact) mass is 338 g/mol. The normalized spacial score (nSPS) is 15.6. The summed E-state index contributed by atoms with van der Waals surface area (Å²) in [5.74, 6) is 0. The van der Waals surface area contributed by atoms with Crippen molar-refractivity contribution in [1.82, 2.24) is 0 Å². The predicted molar refractivity (Wildman–Crippen MR) is 88.2 cm³/mol. The van der Waals surface area contributed by atoms with Gasteiger partial charge in [0, 0.05) is 0 Å². The molecule has 0 radical (unpaired) electrons. The topological polar surface area (TPSA) is 94.8 Å². The van der Waals surface area contributed by atoms with Crippen molar-refractivity contribution in [2.24, 2.45) is 0 Å². The first-order chi connectivity index (χ1) is 9.68. The molecule has 0 amide bonds. The molecule has 0 saturated heterocycles. The molecule has 124 valence electrons. The highest BCUT2D eigenvalue weighted by molar-refractivity contribution is 7.67. The summed E-state index contributed by atoms with van der Waals surface area (Å²) in [5, 5.41) is 7.64. The Morgan fingerprint density at radius 2 is 1.81 bits per heavy atom. The Bertz CT molecular complexity index is 433. The molecule has 0 aromatic rings. The average molecular weight is 338 g/mol. The van der Waals surface area contributed by atoms with Crippen molar-refractivity contribution in [2.45, 2.75) is 58.3 Å². The third-order valence-corrected chi connectivity index (χ3v) is 7.49. The highest BCUT2D eigenvalue weighted by Gasteiger charge is 2.32. The van der Waals surface area contributed by atoms with Crippen LogP contribution in [0.5, 0.6) is 0 Å². The highest BCUT2D eigenvalue weighted by Crippen LogP contribution is 2.55. The van der Waals surface area contributed by atoms with Crippen molar-refractivity contribution < 1.29 is 24.0 Å². The van der Waals surface area contributed by atoms with Crippen LogP contribution in [-0.4, -0.2) is 26.6 Å². The van der Waals surface area contributed by atoms with E-state index in [9.17, 15) is 9.13 Å². The Morgan fingerprint density at radius 3 is 2.29 bits per heavy atom. The number of hydrogen-bond acceptors (Lipinski definition) is 3. The van der Waals surface area contributed by atoms with E-state index in [-0.39, 0.29) is 6.42 Å². The second-order valence-electron chi connectivity index (χ2n) is 5.53. The minimum absolute atomic E-state index is 0.181. The third-order valence-electron chi connectivity index (χ3n) is 3.20. The van der Waals surface area contributed by atoms with Crippen LogP contribution in [0.25, 0.3) is 0 Å². The van der Waals surface area contributed by atoms with Gasteiger partial charge in [-0.2, -0.15) is 0 Å². The zero-order valence-corrected chi connectivity index (χ0v) is 15.0. The van der Waals surface area contributed by atoms with Gasteiger partial charge in [0.2, 0.25) is 0 Å². The molecule has 2 atom stereocenters. The first-order valence-corrected chi connectivity index (χ1v) is 10.5. The summed E-state index contributed by atoms with van der Waals surface area (Å²) in [6.45, 7) is 6.16. The van der Waals surface area contributed by atoms with E-state index in [1.54, 1.807) is 0 Å². The molecular formula is C14H28O5P2. The van der Waals surface area contributed by atoms with E-state index in [0.717, 1.165) is 12.8 Å². The fraction of sp³-hybridized carbons (Fsp3) is 0.714. The molecular weight excluding hydrogens is 310 g/mol. The third kappa shape index (κ3) is 10.2. The van der Waals surface area contributed by atoms with Crippen LogP contribution in [0.1, 0.15) is 52.9 Å². The van der Waals surface area contributed by atoms with Crippen molar-refractivity contribution in [3.63, 3.8) is 0 Å². The van der Waals surface area contributed by atoms with Crippen LogP contribution in [0.3, 0.4) is 0 Å². The minimum Gasteiger partial charge on any atom is -0.389 e.